The lowest BCUT2D eigenvalue weighted by Gasteiger charge is -2.43. The van der Waals surface area contributed by atoms with E-state index in [2.05, 4.69) is 98.9 Å². The molecule has 0 bridgehead atoms. The molecule has 0 aromatic heterocycles. The standard InChI is InChI=1S/C29H37NO3Si/c1-28(2,3)33-27(31)30-21-23-14-13-15-24(20-23)22-32-34(29(4,5)6,25-16-9-7-10-17-25)26-18-11-8-12-19-26/h7-20H,21-22H2,1-6H3,(H,30,31). The molecule has 180 valence electrons. The van der Waals surface area contributed by atoms with Gasteiger partial charge in [-0.3, -0.25) is 0 Å². The minimum Gasteiger partial charge on any atom is -0.444 e. The second-order valence-electron chi connectivity index (χ2n) is 10.6. The number of hydrogen-bond acceptors (Lipinski definition) is 3. The van der Waals surface area contributed by atoms with Crippen molar-refractivity contribution in [2.45, 2.75) is 65.3 Å². The fourth-order valence-corrected chi connectivity index (χ4v) is 8.81. The summed E-state index contributed by atoms with van der Waals surface area (Å²) in [6, 6.07) is 29.5. The normalized spacial score (nSPS) is 12.3. The van der Waals surface area contributed by atoms with E-state index in [0.717, 1.165) is 11.1 Å². The van der Waals surface area contributed by atoms with Crippen molar-refractivity contribution in [2.24, 2.45) is 0 Å². The third-order valence-corrected chi connectivity index (χ3v) is 10.7. The molecule has 0 aliphatic carbocycles. The van der Waals surface area contributed by atoms with E-state index in [1.165, 1.54) is 10.4 Å². The molecular formula is C29H37NO3Si. The molecule has 5 heteroatoms. The van der Waals surface area contributed by atoms with Gasteiger partial charge in [-0.25, -0.2) is 4.79 Å². The van der Waals surface area contributed by atoms with Crippen LogP contribution in [0.4, 0.5) is 4.79 Å². The third-order valence-electron chi connectivity index (χ3n) is 5.70. The smallest absolute Gasteiger partial charge is 0.407 e. The van der Waals surface area contributed by atoms with Crippen molar-refractivity contribution in [3.8, 4) is 0 Å². The maximum absolute atomic E-state index is 12.0. The molecular weight excluding hydrogens is 438 g/mol. The number of carbonyl (C=O) groups excluding carboxylic acids is 1. The van der Waals surface area contributed by atoms with Crippen LogP contribution < -0.4 is 15.7 Å². The summed E-state index contributed by atoms with van der Waals surface area (Å²) in [5.74, 6) is 0. The number of nitrogens with one attached hydrogen (secondary N) is 1. The molecule has 0 aliphatic rings. The van der Waals surface area contributed by atoms with Crippen LogP contribution in [0.5, 0.6) is 0 Å². The van der Waals surface area contributed by atoms with Gasteiger partial charge < -0.3 is 14.5 Å². The van der Waals surface area contributed by atoms with E-state index in [-0.39, 0.29) is 5.04 Å². The van der Waals surface area contributed by atoms with Gasteiger partial charge >= 0.3 is 6.09 Å². The van der Waals surface area contributed by atoms with Gasteiger partial charge in [0, 0.05) is 6.54 Å². The van der Waals surface area contributed by atoms with Gasteiger partial charge in [0.15, 0.2) is 0 Å². The van der Waals surface area contributed by atoms with E-state index in [1.807, 2.05) is 32.9 Å². The van der Waals surface area contributed by atoms with Crippen LogP contribution in [-0.2, 0) is 22.3 Å². The van der Waals surface area contributed by atoms with Crippen molar-refractivity contribution >= 4 is 24.8 Å². The number of benzene rings is 3. The SMILES string of the molecule is CC(C)(C)OC(=O)NCc1cccc(CO[Si](c2ccccc2)(c2ccccc2)C(C)(C)C)c1. The highest BCUT2D eigenvalue weighted by Gasteiger charge is 2.50. The second-order valence-corrected chi connectivity index (χ2v) is 14.9. The number of hydrogen-bond donors (Lipinski definition) is 1. The first-order chi connectivity index (χ1) is 16.0. The zero-order valence-corrected chi connectivity index (χ0v) is 22.2. The Balaban J connectivity index is 1.85. The molecule has 0 saturated heterocycles. The van der Waals surface area contributed by atoms with Gasteiger partial charge in [-0.2, -0.15) is 0 Å². The van der Waals surface area contributed by atoms with E-state index in [4.69, 9.17) is 9.16 Å². The van der Waals surface area contributed by atoms with Crippen LogP contribution in [0.3, 0.4) is 0 Å². The van der Waals surface area contributed by atoms with Gasteiger partial charge in [0.05, 0.1) is 6.61 Å². The van der Waals surface area contributed by atoms with Crippen LogP contribution in [0, 0.1) is 0 Å². The largest absolute Gasteiger partial charge is 0.444 e. The monoisotopic (exact) mass is 475 g/mol. The van der Waals surface area contributed by atoms with Gasteiger partial charge in [0.2, 0.25) is 0 Å². The number of carbonyl (C=O) groups is 1. The lowest BCUT2D eigenvalue weighted by Crippen LogP contribution is -2.66. The van der Waals surface area contributed by atoms with E-state index in [0.29, 0.717) is 13.2 Å². The van der Waals surface area contributed by atoms with Gasteiger partial charge in [0.1, 0.15) is 5.60 Å². The average Bonchev–Trinajstić information content (AvgIpc) is 2.78. The highest BCUT2D eigenvalue weighted by atomic mass is 28.4. The fraction of sp³-hybridized carbons (Fsp3) is 0.345. The molecule has 0 heterocycles. The molecule has 0 radical (unpaired) electrons. The van der Waals surface area contributed by atoms with Crippen LogP contribution in [0.1, 0.15) is 52.7 Å². The van der Waals surface area contributed by atoms with Crippen molar-refractivity contribution in [3.63, 3.8) is 0 Å². The summed E-state index contributed by atoms with van der Waals surface area (Å²) in [6.07, 6.45) is -0.415. The Hall–Kier alpha value is -2.89. The zero-order chi connectivity index (χ0) is 24.8. The van der Waals surface area contributed by atoms with Crippen molar-refractivity contribution in [2.75, 3.05) is 0 Å². The second kappa shape index (κ2) is 10.6. The quantitative estimate of drug-likeness (QED) is 0.440. The molecule has 0 spiro atoms. The maximum Gasteiger partial charge on any atom is 0.407 e. The minimum absolute atomic E-state index is 0.0778. The molecule has 3 aromatic rings. The Morgan fingerprint density at radius 2 is 1.29 bits per heavy atom. The summed E-state index contributed by atoms with van der Waals surface area (Å²) in [7, 11) is -2.60. The van der Waals surface area contributed by atoms with Crippen molar-refractivity contribution in [1.82, 2.24) is 5.32 Å². The van der Waals surface area contributed by atoms with E-state index >= 15 is 0 Å². The first-order valence-corrected chi connectivity index (χ1v) is 13.7. The summed E-state index contributed by atoms with van der Waals surface area (Å²) < 4.78 is 12.4. The molecule has 0 saturated carbocycles. The average molecular weight is 476 g/mol. The Kier molecular flexibility index (Phi) is 8.00. The Labute approximate surface area is 205 Å². The summed E-state index contributed by atoms with van der Waals surface area (Å²) in [4.78, 5) is 12.0. The molecule has 0 fully saturated rings. The van der Waals surface area contributed by atoms with Crippen LogP contribution in [0.15, 0.2) is 84.9 Å². The Morgan fingerprint density at radius 1 is 0.765 bits per heavy atom. The van der Waals surface area contributed by atoms with Gasteiger partial charge in [0.25, 0.3) is 8.32 Å². The maximum atomic E-state index is 12.0. The van der Waals surface area contributed by atoms with Crippen LogP contribution in [-0.4, -0.2) is 20.0 Å². The van der Waals surface area contributed by atoms with Crippen molar-refractivity contribution in [3.05, 3.63) is 96.1 Å². The van der Waals surface area contributed by atoms with Gasteiger partial charge in [-0.15, -0.1) is 0 Å². The van der Waals surface area contributed by atoms with E-state index in [9.17, 15) is 4.79 Å². The molecule has 0 aliphatic heterocycles. The first-order valence-electron chi connectivity index (χ1n) is 11.8. The summed E-state index contributed by atoms with van der Waals surface area (Å²) in [5, 5.41) is 5.28. The molecule has 0 atom stereocenters. The Morgan fingerprint density at radius 3 is 1.79 bits per heavy atom. The van der Waals surface area contributed by atoms with Crippen LogP contribution in [0.2, 0.25) is 5.04 Å². The number of amides is 1. The van der Waals surface area contributed by atoms with E-state index in [1.54, 1.807) is 0 Å². The van der Waals surface area contributed by atoms with Crippen molar-refractivity contribution in [1.29, 1.82) is 0 Å². The van der Waals surface area contributed by atoms with Gasteiger partial charge in [-0.1, -0.05) is 106 Å². The molecule has 1 amide bonds. The molecule has 0 unspecified atom stereocenters. The third kappa shape index (κ3) is 6.36. The van der Waals surface area contributed by atoms with Crippen LogP contribution in [0.25, 0.3) is 0 Å². The minimum atomic E-state index is -2.60. The predicted octanol–water partition coefficient (Wildman–Crippen LogP) is 5.79. The van der Waals surface area contributed by atoms with Crippen molar-refractivity contribution < 1.29 is 14.0 Å². The molecule has 1 N–H and O–H groups in total. The molecule has 34 heavy (non-hydrogen) atoms. The van der Waals surface area contributed by atoms with Crippen LogP contribution >= 0.6 is 0 Å². The lowest BCUT2D eigenvalue weighted by atomic mass is 10.1. The number of ether oxygens (including phenoxy) is 1. The predicted molar refractivity (Wildman–Crippen MR) is 142 cm³/mol. The highest BCUT2D eigenvalue weighted by Crippen LogP contribution is 2.37. The lowest BCUT2D eigenvalue weighted by molar-refractivity contribution is 0.0523. The summed E-state index contributed by atoms with van der Waals surface area (Å²) in [6.45, 7) is 13.3. The first kappa shape index (κ1) is 25.7. The molecule has 3 rings (SSSR count). The van der Waals surface area contributed by atoms with Gasteiger partial charge in [-0.05, 0) is 47.3 Å². The van der Waals surface area contributed by atoms with E-state index < -0.39 is 20.0 Å². The fourth-order valence-electron chi connectivity index (χ4n) is 4.27. The molecule has 3 aromatic carbocycles. The summed E-state index contributed by atoms with van der Waals surface area (Å²) >= 11 is 0. The zero-order valence-electron chi connectivity index (χ0n) is 21.2. The Bertz CT molecular complexity index is 1030. The summed E-state index contributed by atoms with van der Waals surface area (Å²) in [5.41, 5.74) is 1.57. The molecule has 4 nitrogen and oxygen atoms in total. The topological polar surface area (TPSA) is 47.6 Å². The highest BCUT2D eigenvalue weighted by molar-refractivity contribution is 6.99. The number of alkyl carbamates (subject to hydrolysis) is 1. The number of rotatable bonds is 7.